The Balaban J connectivity index is 0.000000640. The van der Waals surface area contributed by atoms with Crippen molar-refractivity contribution in [3.63, 3.8) is 0 Å². The highest BCUT2D eigenvalue weighted by atomic mass is 35.5. The zero-order valence-corrected chi connectivity index (χ0v) is 5.75. The monoisotopic (exact) mass is 134 g/mol. The van der Waals surface area contributed by atoms with E-state index in [1.165, 1.54) is 32.1 Å². The highest BCUT2D eigenvalue weighted by molar-refractivity contribution is 6.13. The van der Waals surface area contributed by atoms with Gasteiger partial charge in [-0.1, -0.05) is 19.3 Å². The lowest BCUT2D eigenvalue weighted by Gasteiger charge is -2.18. The van der Waals surface area contributed by atoms with E-state index >= 15 is 0 Å². The maximum Gasteiger partial charge on any atom is 1.00 e. The third kappa shape index (κ3) is 1.64. The van der Waals surface area contributed by atoms with Crippen molar-refractivity contribution in [3.05, 3.63) is 0 Å². The zero-order chi connectivity index (χ0) is 5.82. The Morgan fingerprint density at radius 2 is 1.88 bits per heavy atom. The van der Waals surface area contributed by atoms with Crippen molar-refractivity contribution in [2.45, 2.75) is 38.1 Å². The summed E-state index contributed by atoms with van der Waals surface area (Å²) in [6.45, 7) is 0. The van der Waals surface area contributed by atoms with Gasteiger partial charge in [0.1, 0.15) is 0 Å². The first kappa shape index (κ1) is 6.37. The van der Waals surface area contributed by atoms with Crippen LogP contribution in [0.3, 0.4) is 0 Å². The molecule has 48 valence electrons. The quantitative estimate of drug-likeness (QED) is 0.542. The Morgan fingerprint density at radius 1 is 1.25 bits per heavy atom. The van der Waals surface area contributed by atoms with E-state index in [4.69, 9.17) is 11.8 Å². The van der Waals surface area contributed by atoms with E-state index in [0.29, 0.717) is 6.04 Å². The summed E-state index contributed by atoms with van der Waals surface area (Å²) in [4.78, 5) is 2.78. The molecule has 0 aromatic rings. The van der Waals surface area contributed by atoms with Crippen LogP contribution in [-0.2, 0) is 0 Å². The van der Waals surface area contributed by atoms with Gasteiger partial charge in [-0.2, -0.15) is 0 Å². The van der Waals surface area contributed by atoms with Crippen LogP contribution in [0.4, 0.5) is 0 Å². The maximum absolute atomic E-state index is 5.43. The van der Waals surface area contributed by atoms with E-state index in [2.05, 4.69) is 4.84 Å². The number of hydrogen-bond acceptors (Lipinski definition) is 1. The molecular weight excluding hydrogens is 122 g/mol. The second-order valence-electron chi connectivity index (χ2n) is 2.44. The van der Waals surface area contributed by atoms with Crippen LogP contribution in [0.1, 0.15) is 33.5 Å². The fourth-order valence-corrected chi connectivity index (χ4v) is 1.43. The highest BCUT2D eigenvalue weighted by Crippen LogP contribution is 2.17. The van der Waals surface area contributed by atoms with Crippen molar-refractivity contribution in [1.82, 2.24) is 4.84 Å². The molecule has 1 saturated carbocycles. The van der Waals surface area contributed by atoms with Gasteiger partial charge in [0.05, 0.1) is 0 Å². The first-order valence-electron chi connectivity index (χ1n) is 3.29. The fourth-order valence-electron chi connectivity index (χ4n) is 1.21. The average molecular weight is 135 g/mol. The Morgan fingerprint density at radius 3 is 2.25 bits per heavy atom. The van der Waals surface area contributed by atoms with Gasteiger partial charge in [-0.3, -0.25) is 0 Å². The molecule has 0 aromatic carbocycles. The molecule has 0 radical (unpaired) electrons. The molecule has 0 bridgehead atoms. The van der Waals surface area contributed by atoms with Crippen molar-refractivity contribution >= 4 is 11.8 Å². The third-order valence-corrected chi connectivity index (χ3v) is 2.07. The van der Waals surface area contributed by atoms with E-state index < -0.39 is 0 Å². The minimum Gasteiger partial charge on any atom is -0.230 e. The molecule has 0 aromatic heterocycles. The summed E-state index contributed by atoms with van der Waals surface area (Å²) in [6, 6.07) is 0.602. The summed E-state index contributed by atoms with van der Waals surface area (Å²) in [5.74, 6) is 0. The summed E-state index contributed by atoms with van der Waals surface area (Å²) in [5.41, 5.74) is 0. The summed E-state index contributed by atoms with van der Waals surface area (Å²) in [7, 11) is 0. The average Bonchev–Trinajstić information content (AvgIpc) is 1.90. The molecule has 0 aliphatic heterocycles. The van der Waals surface area contributed by atoms with Crippen LogP contribution in [0, 0.1) is 0 Å². The molecule has 0 unspecified atom stereocenters. The minimum absolute atomic E-state index is 0. The minimum atomic E-state index is 0. The maximum atomic E-state index is 5.43. The molecule has 1 N–H and O–H groups in total. The van der Waals surface area contributed by atoms with Crippen LogP contribution in [0.5, 0.6) is 0 Å². The Labute approximate surface area is 57.0 Å². The molecule has 0 heterocycles. The Kier molecular flexibility index (Phi) is 2.64. The molecule has 1 aliphatic rings. The molecule has 0 spiro atoms. The van der Waals surface area contributed by atoms with Gasteiger partial charge < -0.3 is 0 Å². The SMILES string of the molecule is ClNC1CCCCC1.[H+]. The van der Waals surface area contributed by atoms with E-state index in [1.54, 1.807) is 0 Å². The van der Waals surface area contributed by atoms with Crippen molar-refractivity contribution in [1.29, 1.82) is 0 Å². The van der Waals surface area contributed by atoms with Gasteiger partial charge in [0.15, 0.2) is 0 Å². The van der Waals surface area contributed by atoms with Crippen molar-refractivity contribution in [2.24, 2.45) is 0 Å². The summed E-state index contributed by atoms with van der Waals surface area (Å²) in [6.07, 6.45) is 6.64. The van der Waals surface area contributed by atoms with Gasteiger partial charge in [-0.15, -0.1) is 0 Å². The molecule has 1 nitrogen and oxygen atoms in total. The first-order valence-corrected chi connectivity index (χ1v) is 3.67. The molecule has 0 atom stereocenters. The van der Waals surface area contributed by atoms with Crippen LogP contribution in [-0.4, -0.2) is 6.04 Å². The van der Waals surface area contributed by atoms with E-state index in [9.17, 15) is 0 Å². The van der Waals surface area contributed by atoms with E-state index in [1.807, 2.05) is 0 Å². The number of nitrogens with one attached hydrogen (secondary N) is 1. The summed E-state index contributed by atoms with van der Waals surface area (Å²) >= 11 is 5.43. The molecule has 1 aliphatic carbocycles. The van der Waals surface area contributed by atoms with Crippen LogP contribution in [0.2, 0.25) is 0 Å². The molecule has 0 amide bonds. The van der Waals surface area contributed by atoms with Gasteiger partial charge in [0.2, 0.25) is 0 Å². The fraction of sp³-hybridized carbons (Fsp3) is 1.00. The van der Waals surface area contributed by atoms with E-state index in [-0.39, 0.29) is 1.43 Å². The topological polar surface area (TPSA) is 12.0 Å². The normalized spacial score (nSPS) is 23.6. The predicted octanol–water partition coefficient (Wildman–Crippen LogP) is 2.17. The molecule has 8 heavy (non-hydrogen) atoms. The molecule has 1 fully saturated rings. The Hall–Kier alpha value is 0.250. The van der Waals surface area contributed by atoms with Gasteiger partial charge in [-0.05, 0) is 24.6 Å². The lowest BCUT2D eigenvalue weighted by molar-refractivity contribution is 0.420. The van der Waals surface area contributed by atoms with Gasteiger partial charge in [0.25, 0.3) is 0 Å². The summed E-state index contributed by atoms with van der Waals surface area (Å²) in [5, 5.41) is 0. The van der Waals surface area contributed by atoms with Crippen molar-refractivity contribution < 1.29 is 1.43 Å². The van der Waals surface area contributed by atoms with Gasteiger partial charge in [-0.25, -0.2) is 4.84 Å². The molecule has 1 rings (SSSR count). The lowest BCUT2D eigenvalue weighted by Crippen LogP contribution is -2.22. The van der Waals surface area contributed by atoms with Crippen LogP contribution >= 0.6 is 11.8 Å². The van der Waals surface area contributed by atoms with Crippen molar-refractivity contribution in [3.8, 4) is 0 Å². The lowest BCUT2D eigenvalue weighted by atomic mass is 9.96. The number of halogens is 1. The summed E-state index contributed by atoms with van der Waals surface area (Å²) < 4.78 is 0. The zero-order valence-electron chi connectivity index (χ0n) is 5.99. The van der Waals surface area contributed by atoms with Gasteiger partial charge in [0, 0.05) is 6.04 Å². The molecule has 2 heteroatoms. The van der Waals surface area contributed by atoms with Crippen LogP contribution < -0.4 is 4.84 Å². The smallest absolute Gasteiger partial charge is 0.230 e. The van der Waals surface area contributed by atoms with Crippen LogP contribution in [0.25, 0.3) is 0 Å². The van der Waals surface area contributed by atoms with Gasteiger partial charge >= 0.3 is 1.43 Å². The second kappa shape index (κ2) is 3.31. The standard InChI is InChI=1S/C6H12ClN/c7-8-6-4-2-1-3-5-6/h6,8H,1-5H2/p+1. The largest absolute Gasteiger partial charge is 1.00 e. The highest BCUT2D eigenvalue weighted by Gasteiger charge is 2.10. The first-order chi connectivity index (χ1) is 3.93. The van der Waals surface area contributed by atoms with Crippen LogP contribution in [0.15, 0.2) is 0 Å². The third-order valence-electron chi connectivity index (χ3n) is 1.76. The molecular formula is C6H13ClN+. The number of rotatable bonds is 1. The second-order valence-corrected chi connectivity index (χ2v) is 2.66. The Bertz CT molecular complexity index is 64.1. The van der Waals surface area contributed by atoms with E-state index in [0.717, 1.165) is 0 Å². The predicted molar refractivity (Wildman–Crippen MR) is 37.0 cm³/mol. The van der Waals surface area contributed by atoms with Crippen molar-refractivity contribution in [2.75, 3.05) is 0 Å². The number of hydrogen-bond donors (Lipinski definition) is 1. The molecule has 0 saturated heterocycles.